The number of fused-ring (bicyclic) bond motifs is 1. The van der Waals surface area contributed by atoms with Crippen LogP contribution in [0.3, 0.4) is 0 Å². The van der Waals surface area contributed by atoms with Gasteiger partial charge in [-0.1, -0.05) is 108 Å². The molecule has 10 amide bonds. The lowest BCUT2D eigenvalue weighted by atomic mass is 9.92. The maximum Gasteiger partial charge on any atom is 0.329 e. The number of cyclic esters (lactones) is 1. The molecule has 25 nitrogen and oxygen atoms in total. The Bertz CT molecular complexity index is 2730. The van der Waals surface area contributed by atoms with Crippen LogP contribution in [0.4, 0.5) is 0 Å². The van der Waals surface area contributed by atoms with E-state index in [1.165, 1.54) is 64.0 Å². The Labute approximate surface area is 539 Å². The van der Waals surface area contributed by atoms with Gasteiger partial charge < -0.3 is 64.9 Å². The first-order valence-electron chi connectivity index (χ1n) is 32.1. The second-order valence-corrected chi connectivity index (χ2v) is 27.1. The largest absolute Gasteiger partial charge is 0.497 e. The number of benzene rings is 1. The van der Waals surface area contributed by atoms with Crippen LogP contribution in [0.2, 0.25) is 0 Å². The van der Waals surface area contributed by atoms with Crippen LogP contribution >= 0.6 is 0 Å². The highest BCUT2D eigenvalue weighted by atomic mass is 16.6. The number of piperidine rings is 1. The highest BCUT2D eigenvalue weighted by Gasteiger charge is 2.46. The van der Waals surface area contributed by atoms with E-state index in [0.29, 0.717) is 37.0 Å². The highest BCUT2D eigenvalue weighted by molar-refractivity contribution is 6.00. The van der Waals surface area contributed by atoms with Crippen LogP contribution < -0.4 is 26.0 Å². The number of carbonyl (C=O) groups excluding carboxylic acids is 12. The second kappa shape index (κ2) is 34.4. The quantitative estimate of drug-likeness (QED) is 0.182. The van der Waals surface area contributed by atoms with Crippen molar-refractivity contribution >= 4 is 71.0 Å². The number of methoxy groups -OCH3 is 1. The minimum atomic E-state index is -1.69. The van der Waals surface area contributed by atoms with Crippen LogP contribution in [0.5, 0.6) is 5.75 Å². The maximum absolute atomic E-state index is 15.5. The molecule has 2 aliphatic heterocycles. The van der Waals surface area contributed by atoms with Crippen LogP contribution in [0.25, 0.3) is 0 Å². The van der Waals surface area contributed by atoms with E-state index in [1.807, 2.05) is 6.92 Å². The predicted octanol–water partition coefficient (Wildman–Crippen LogP) is 3.72. The summed E-state index contributed by atoms with van der Waals surface area (Å²) in [7, 11) is 8.35. The number of amides is 10. The summed E-state index contributed by atoms with van der Waals surface area (Å²) in [5.41, 5.74) is -0.353. The molecular weight excluding hydrogens is 1170 g/mol. The van der Waals surface area contributed by atoms with E-state index in [1.54, 1.807) is 121 Å². The summed E-state index contributed by atoms with van der Waals surface area (Å²) in [5, 5.41) is 11.0. The number of hydrogen-bond acceptors (Lipinski definition) is 15. The van der Waals surface area contributed by atoms with E-state index in [9.17, 15) is 43.2 Å². The number of hydrogen-bond donors (Lipinski definition) is 4. The average Bonchev–Trinajstić information content (AvgIpc) is 1.15. The summed E-state index contributed by atoms with van der Waals surface area (Å²) >= 11 is 0. The van der Waals surface area contributed by atoms with Crippen molar-refractivity contribution in [1.29, 1.82) is 0 Å². The van der Waals surface area contributed by atoms with Gasteiger partial charge in [-0.3, -0.25) is 47.9 Å². The van der Waals surface area contributed by atoms with Gasteiger partial charge in [-0.15, -0.1) is 0 Å². The number of esters is 2. The summed E-state index contributed by atoms with van der Waals surface area (Å²) in [4.78, 5) is 183. The molecule has 512 valence electrons. The molecule has 12 atom stereocenters. The molecule has 0 aliphatic carbocycles. The summed E-state index contributed by atoms with van der Waals surface area (Å²) in [6.45, 7) is 26.4. The fourth-order valence-electron chi connectivity index (χ4n) is 11.8. The predicted molar refractivity (Wildman–Crippen MR) is 342 cm³/mol. The third-order valence-electron chi connectivity index (χ3n) is 17.5. The molecule has 2 saturated heterocycles. The maximum atomic E-state index is 15.5. The molecule has 0 bridgehead atoms. The van der Waals surface area contributed by atoms with Crippen molar-refractivity contribution in [2.24, 2.45) is 35.5 Å². The topological polar surface area (TPSA) is 300 Å². The van der Waals surface area contributed by atoms with Crippen molar-refractivity contribution in [1.82, 2.24) is 50.7 Å². The van der Waals surface area contributed by atoms with Crippen molar-refractivity contribution < 1.29 is 71.7 Å². The molecule has 2 fully saturated rings. The van der Waals surface area contributed by atoms with Crippen molar-refractivity contribution in [2.45, 2.75) is 222 Å². The number of nitrogens with one attached hydrogen (secondary N) is 4. The Morgan fingerprint density at radius 1 is 0.637 bits per heavy atom. The molecule has 25 heteroatoms. The van der Waals surface area contributed by atoms with Crippen LogP contribution in [0.15, 0.2) is 24.3 Å². The Morgan fingerprint density at radius 2 is 1.16 bits per heavy atom. The minimum Gasteiger partial charge on any atom is -0.497 e. The fraction of sp³-hybridized carbons (Fsp3) is 0.727. The van der Waals surface area contributed by atoms with Crippen molar-refractivity contribution in [3.05, 3.63) is 29.8 Å². The van der Waals surface area contributed by atoms with E-state index in [2.05, 4.69) is 21.3 Å². The minimum absolute atomic E-state index is 0.0934. The van der Waals surface area contributed by atoms with Crippen molar-refractivity contribution in [3.63, 3.8) is 0 Å². The van der Waals surface area contributed by atoms with E-state index in [4.69, 9.17) is 14.2 Å². The van der Waals surface area contributed by atoms with Gasteiger partial charge in [0.2, 0.25) is 53.2 Å². The average molecular weight is 1280 g/mol. The summed E-state index contributed by atoms with van der Waals surface area (Å²) in [6.07, 6.45) is -0.446. The van der Waals surface area contributed by atoms with E-state index < -0.39 is 186 Å². The van der Waals surface area contributed by atoms with Gasteiger partial charge in [0.1, 0.15) is 65.7 Å². The fourth-order valence-corrected chi connectivity index (χ4v) is 11.8. The molecule has 0 aromatic heterocycles. The number of carbonyl (C=O) groups is 12. The molecule has 1 aromatic rings. The molecule has 2 aliphatic rings. The smallest absolute Gasteiger partial charge is 0.329 e. The molecule has 0 spiro atoms. The monoisotopic (exact) mass is 1280 g/mol. The molecule has 4 N–H and O–H groups in total. The summed E-state index contributed by atoms with van der Waals surface area (Å²) in [6, 6.07) is -5.15. The summed E-state index contributed by atoms with van der Waals surface area (Å²) < 4.78 is 16.9. The van der Waals surface area contributed by atoms with Gasteiger partial charge in [-0.25, -0.2) is 9.59 Å². The van der Waals surface area contributed by atoms with E-state index in [0.717, 1.165) is 14.7 Å². The van der Waals surface area contributed by atoms with Gasteiger partial charge in [0, 0.05) is 48.2 Å². The van der Waals surface area contributed by atoms with Crippen LogP contribution in [-0.2, 0) is 73.4 Å². The molecule has 0 saturated carbocycles. The molecule has 2 heterocycles. The lowest BCUT2D eigenvalue weighted by Gasteiger charge is -2.41. The normalized spacial score (nSPS) is 25.5. The first kappa shape index (κ1) is 77.9. The lowest BCUT2D eigenvalue weighted by Crippen LogP contribution is -2.63. The zero-order chi connectivity index (χ0) is 69.4. The third kappa shape index (κ3) is 20.6. The van der Waals surface area contributed by atoms with Crippen molar-refractivity contribution in [2.75, 3.05) is 55.4 Å². The first-order chi connectivity index (χ1) is 42.3. The lowest BCUT2D eigenvalue weighted by molar-refractivity contribution is -0.165. The Hall–Kier alpha value is -7.34. The van der Waals surface area contributed by atoms with Gasteiger partial charge in [-0.05, 0) is 100 Å². The molecule has 91 heavy (non-hydrogen) atoms. The number of ether oxygens (including phenoxy) is 3. The third-order valence-corrected chi connectivity index (χ3v) is 17.5. The van der Waals surface area contributed by atoms with Crippen LogP contribution in [0.1, 0.15) is 155 Å². The molecule has 0 unspecified atom stereocenters. The van der Waals surface area contributed by atoms with Crippen molar-refractivity contribution in [3.8, 4) is 5.75 Å². The van der Waals surface area contributed by atoms with E-state index in [-0.39, 0.29) is 19.4 Å². The Balaban J connectivity index is 2.35. The first-order valence-corrected chi connectivity index (χ1v) is 32.1. The Kier molecular flexibility index (Phi) is 29.4. The van der Waals surface area contributed by atoms with Gasteiger partial charge in [-0.2, -0.15) is 0 Å². The molecular formula is C66H108N10O15. The van der Waals surface area contributed by atoms with Gasteiger partial charge >= 0.3 is 11.9 Å². The Morgan fingerprint density at radius 3 is 1.68 bits per heavy atom. The van der Waals surface area contributed by atoms with Gasteiger partial charge in [0.15, 0.2) is 6.10 Å². The number of likely N-dealkylation sites (N-methyl/N-ethyl adjacent to an activating group) is 5. The van der Waals surface area contributed by atoms with Crippen LogP contribution in [0, 0.1) is 35.5 Å². The molecule has 1 aromatic carbocycles. The number of nitrogens with zero attached hydrogens (tertiary/aromatic N) is 6. The van der Waals surface area contributed by atoms with Crippen LogP contribution in [-0.4, -0.2) is 222 Å². The molecule has 0 radical (unpaired) electrons. The zero-order valence-electron chi connectivity index (χ0n) is 58.2. The SMILES string of the molecule is CC[C@H](C)[C@H]1C(=O)NCC(=O)N(C)[C@@H](C(C)C)C(=O)N[C@@H](Cc2ccc(OC)cc2)C(=O)O[C@H](C)C(=O)N2CCCC[C@H]2C(=O)N(C)[C@@H](C(C)C)C(=O)N[C@H](C(C)C)C(=O)N(C)[C@@H](CC(=O)N[C@H](C(=O)OC(C)(C)C)C(C)C)C(=O)N(C)[C@@H]([C@@H](C)CC)C(=O)N1C. The van der Waals surface area contributed by atoms with E-state index >= 15 is 14.4 Å². The second-order valence-electron chi connectivity index (χ2n) is 27.1. The molecule has 3 rings (SSSR count). The standard InChI is InChI=1S/C66H108N10O15/c1-23-40(11)54-56(79)67-35-49(78)72(18)52(38(7)8)57(80)68-45(33-43-28-30-44(89-22)31-29-43)64(87)90-42(13)59(82)76-32-26-25-27-46(76)60(83)73(19)53(39(9)10)58(81)70-50(36(3)4)62(85)71(17)47(61(84)75(21)55(41(12)24-2)63(86)74(54)20)34-48(77)69-51(37(5)6)65(88)91-66(14,15)16/h28-31,36-42,45-47,50-55H,23-27,32-35H2,1-22H3,(H,67,79)(H,68,80)(H,69,77)(H,70,81)/t40-,41-,42+,45-,46-,47-,50+,51-,52-,53-,54-,55-/m0/s1. The number of rotatable bonds is 15. The highest BCUT2D eigenvalue weighted by Crippen LogP contribution is 2.27. The summed E-state index contributed by atoms with van der Waals surface area (Å²) in [5.74, 6) is -12.2. The van der Waals surface area contributed by atoms with Gasteiger partial charge in [0.25, 0.3) is 5.91 Å². The van der Waals surface area contributed by atoms with Gasteiger partial charge in [0.05, 0.1) is 20.1 Å². The zero-order valence-corrected chi connectivity index (χ0v) is 58.2.